The van der Waals surface area contributed by atoms with Crippen molar-refractivity contribution in [3.63, 3.8) is 0 Å². The molecule has 2 aliphatic heterocycles. The fourth-order valence-electron chi connectivity index (χ4n) is 5.61. The Morgan fingerprint density at radius 2 is 2.28 bits per heavy atom. The van der Waals surface area contributed by atoms with Gasteiger partial charge in [-0.15, -0.1) is 0 Å². The molecule has 1 aromatic rings. The summed E-state index contributed by atoms with van der Waals surface area (Å²) in [5, 5.41) is 10.7. The molecule has 0 amide bonds. The molecule has 1 fully saturated rings. The summed E-state index contributed by atoms with van der Waals surface area (Å²) in [4.78, 5) is 2.47. The maximum absolute atomic E-state index is 10.7. The number of ether oxygens (including phenoxy) is 2. The van der Waals surface area contributed by atoms with E-state index >= 15 is 0 Å². The van der Waals surface area contributed by atoms with Crippen molar-refractivity contribution in [2.24, 2.45) is 11.7 Å². The molecule has 1 saturated heterocycles. The van der Waals surface area contributed by atoms with E-state index in [0.29, 0.717) is 25.1 Å². The highest BCUT2D eigenvalue weighted by Gasteiger charge is 2.64. The van der Waals surface area contributed by atoms with Crippen molar-refractivity contribution >= 4 is 0 Å². The Kier molecular flexibility index (Phi) is 3.43. The molecule has 5 rings (SSSR count). The van der Waals surface area contributed by atoms with Crippen LogP contribution in [0.15, 0.2) is 24.3 Å². The van der Waals surface area contributed by atoms with Gasteiger partial charge in [-0.05, 0) is 51.0 Å². The smallest absolute Gasteiger partial charge is 0.165 e. The fourth-order valence-corrected chi connectivity index (χ4v) is 5.61. The molecule has 0 radical (unpaired) electrons. The fraction of sp³-hybridized carbons (Fsp3) is 0.600. The number of nitrogens with zero attached hydrogens (tertiary/aromatic N) is 1. The molecule has 4 aliphatic rings. The lowest BCUT2D eigenvalue weighted by Crippen LogP contribution is -2.64. The molecular formula is C20H26N2O3. The maximum Gasteiger partial charge on any atom is 0.165 e. The van der Waals surface area contributed by atoms with Crippen LogP contribution in [0.1, 0.15) is 24.0 Å². The largest absolute Gasteiger partial charge is 0.490 e. The standard InChI is InChI=1S/C20H26N2O3/c1-22-9-7-20-13-4-5-15(23)19(20)25-18-16(24-10-2-8-21)6-3-12(17(18)20)11-14(13)22/h3-6,13-15,19,23H,2,7-11,21H2,1H3/t13?,14-,15+,19+,20+/m1/s1. The molecule has 0 saturated carbocycles. The first-order valence-corrected chi connectivity index (χ1v) is 9.39. The summed E-state index contributed by atoms with van der Waals surface area (Å²) in [7, 11) is 2.22. The zero-order valence-corrected chi connectivity index (χ0v) is 14.6. The van der Waals surface area contributed by atoms with Gasteiger partial charge in [0.25, 0.3) is 0 Å². The van der Waals surface area contributed by atoms with Gasteiger partial charge in [0.1, 0.15) is 12.2 Å². The summed E-state index contributed by atoms with van der Waals surface area (Å²) in [5.41, 5.74) is 8.15. The van der Waals surface area contributed by atoms with Crippen LogP contribution >= 0.6 is 0 Å². The Balaban J connectivity index is 1.66. The number of nitrogens with two attached hydrogens (primary N) is 1. The summed E-state index contributed by atoms with van der Waals surface area (Å²) in [6.45, 7) is 2.25. The average molecular weight is 342 g/mol. The van der Waals surface area contributed by atoms with E-state index in [2.05, 4.69) is 24.1 Å². The van der Waals surface area contributed by atoms with Crippen LogP contribution in [0.25, 0.3) is 0 Å². The number of aliphatic hydroxyl groups is 1. The highest BCUT2D eigenvalue weighted by Crippen LogP contribution is 2.62. The van der Waals surface area contributed by atoms with Crippen LogP contribution < -0.4 is 15.2 Å². The molecule has 2 bridgehead atoms. The van der Waals surface area contributed by atoms with Gasteiger partial charge in [0.15, 0.2) is 11.5 Å². The zero-order chi connectivity index (χ0) is 17.2. The predicted molar refractivity (Wildman–Crippen MR) is 95.1 cm³/mol. The minimum absolute atomic E-state index is 0.110. The van der Waals surface area contributed by atoms with Gasteiger partial charge in [0.2, 0.25) is 0 Å². The quantitative estimate of drug-likeness (QED) is 0.636. The first kappa shape index (κ1) is 15.7. The van der Waals surface area contributed by atoms with Crippen molar-refractivity contribution in [3.05, 3.63) is 35.4 Å². The lowest BCUT2D eigenvalue weighted by atomic mass is 9.53. The topological polar surface area (TPSA) is 68.0 Å². The van der Waals surface area contributed by atoms with Crippen molar-refractivity contribution in [3.8, 4) is 11.5 Å². The highest BCUT2D eigenvalue weighted by molar-refractivity contribution is 5.62. The number of benzene rings is 1. The van der Waals surface area contributed by atoms with Crippen molar-refractivity contribution in [2.45, 2.75) is 42.9 Å². The van der Waals surface area contributed by atoms with E-state index in [9.17, 15) is 5.11 Å². The van der Waals surface area contributed by atoms with Gasteiger partial charge in [-0.3, -0.25) is 0 Å². The number of likely N-dealkylation sites (N-methyl/N-ethyl adjacent to an activating group) is 1. The lowest BCUT2D eigenvalue weighted by Gasteiger charge is -2.56. The Bertz CT molecular complexity index is 734. The van der Waals surface area contributed by atoms with Gasteiger partial charge < -0.3 is 25.2 Å². The number of hydrogen-bond acceptors (Lipinski definition) is 5. The molecule has 134 valence electrons. The number of aliphatic hydroxyl groups excluding tert-OH is 1. The molecule has 2 heterocycles. The molecule has 2 aliphatic carbocycles. The number of piperidine rings is 1. The molecule has 0 aromatic heterocycles. The van der Waals surface area contributed by atoms with Crippen molar-refractivity contribution in [1.29, 1.82) is 0 Å². The van der Waals surface area contributed by atoms with Gasteiger partial charge in [-0.1, -0.05) is 18.2 Å². The Labute approximate surface area is 148 Å². The van der Waals surface area contributed by atoms with Crippen LogP contribution in [-0.4, -0.2) is 55.0 Å². The second kappa shape index (κ2) is 5.47. The van der Waals surface area contributed by atoms with Crippen molar-refractivity contribution < 1.29 is 14.6 Å². The van der Waals surface area contributed by atoms with Crippen LogP contribution in [0.2, 0.25) is 0 Å². The van der Waals surface area contributed by atoms with E-state index < -0.39 is 6.10 Å². The zero-order valence-electron chi connectivity index (χ0n) is 14.6. The monoisotopic (exact) mass is 342 g/mol. The molecule has 5 nitrogen and oxygen atoms in total. The first-order valence-electron chi connectivity index (χ1n) is 9.39. The van der Waals surface area contributed by atoms with E-state index in [1.807, 2.05) is 12.1 Å². The third-order valence-electron chi connectivity index (χ3n) is 6.74. The van der Waals surface area contributed by atoms with Gasteiger partial charge in [-0.2, -0.15) is 0 Å². The normalized spacial score (nSPS) is 37.6. The van der Waals surface area contributed by atoms with Gasteiger partial charge in [0, 0.05) is 22.9 Å². The Morgan fingerprint density at radius 3 is 3.12 bits per heavy atom. The minimum atomic E-state index is -0.560. The van der Waals surface area contributed by atoms with Crippen LogP contribution in [0.3, 0.4) is 0 Å². The van der Waals surface area contributed by atoms with E-state index in [4.69, 9.17) is 15.2 Å². The average Bonchev–Trinajstić information content (AvgIpc) is 2.96. The number of rotatable bonds is 4. The number of likely N-dealkylation sites (tertiary alicyclic amines) is 1. The third kappa shape index (κ3) is 1.94. The van der Waals surface area contributed by atoms with Gasteiger partial charge in [0.05, 0.1) is 6.61 Å². The molecule has 1 unspecified atom stereocenters. The summed E-state index contributed by atoms with van der Waals surface area (Å²) >= 11 is 0. The Morgan fingerprint density at radius 1 is 1.40 bits per heavy atom. The van der Waals surface area contributed by atoms with Crippen LogP contribution in [0.5, 0.6) is 11.5 Å². The van der Waals surface area contributed by atoms with E-state index in [0.717, 1.165) is 37.3 Å². The molecule has 3 N–H and O–H groups in total. The molecule has 1 aromatic carbocycles. The summed E-state index contributed by atoms with van der Waals surface area (Å²) in [6.07, 6.45) is 6.29. The molecule has 5 atom stereocenters. The maximum atomic E-state index is 10.7. The lowest BCUT2D eigenvalue weighted by molar-refractivity contribution is -0.0454. The van der Waals surface area contributed by atoms with Gasteiger partial charge in [-0.25, -0.2) is 0 Å². The summed E-state index contributed by atoms with van der Waals surface area (Å²) < 4.78 is 12.4. The second-order valence-electron chi connectivity index (χ2n) is 7.90. The number of hydrogen-bond donors (Lipinski definition) is 2. The third-order valence-corrected chi connectivity index (χ3v) is 6.74. The van der Waals surface area contributed by atoms with Crippen LogP contribution in [-0.2, 0) is 11.8 Å². The molecule has 5 heteroatoms. The first-order chi connectivity index (χ1) is 12.2. The molecule has 1 spiro atoms. The molecule has 25 heavy (non-hydrogen) atoms. The summed E-state index contributed by atoms with van der Waals surface area (Å²) in [5.74, 6) is 2.07. The van der Waals surface area contributed by atoms with Crippen molar-refractivity contribution in [1.82, 2.24) is 4.90 Å². The second-order valence-corrected chi connectivity index (χ2v) is 7.90. The summed E-state index contributed by atoms with van der Waals surface area (Å²) in [6, 6.07) is 4.72. The van der Waals surface area contributed by atoms with E-state index in [-0.39, 0.29) is 11.5 Å². The van der Waals surface area contributed by atoms with Crippen molar-refractivity contribution in [2.75, 3.05) is 26.7 Å². The van der Waals surface area contributed by atoms with E-state index in [1.165, 1.54) is 11.1 Å². The molecular weight excluding hydrogens is 316 g/mol. The highest BCUT2D eigenvalue weighted by atomic mass is 16.5. The predicted octanol–water partition coefficient (Wildman–Crippen LogP) is 1.22. The van der Waals surface area contributed by atoms with Crippen LogP contribution in [0, 0.1) is 5.92 Å². The van der Waals surface area contributed by atoms with Gasteiger partial charge >= 0.3 is 0 Å². The van der Waals surface area contributed by atoms with E-state index in [1.54, 1.807) is 0 Å². The van der Waals surface area contributed by atoms with Crippen LogP contribution in [0.4, 0.5) is 0 Å². The Hall–Kier alpha value is -1.56. The minimum Gasteiger partial charge on any atom is -0.490 e. The SMILES string of the molecule is CN1CC[C@]23c4c5ccc(OCCCN)c4O[C@H]2[C@@H](O)C=CC3[C@H]1C5.